The van der Waals surface area contributed by atoms with Crippen LogP contribution in [0.1, 0.15) is 54.4 Å². The van der Waals surface area contributed by atoms with Crippen molar-refractivity contribution in [3.8, 4) is 0 Å². The topological polar surface area (TPSA) is 78.1 Å². The van der Waals surface area contributed by atoms with E-state index in [-0.39, 0.29) is 11.8 Å². The second-order valence-corrected chi connectivity index (χ2v) is 6.38. The summed E-state index contributed by atoms with van der Waals surface area (Å²) in [5.41, 5.74) is 3.25. The number of nitrogens with zero attached hydrogens (tertiary/aromatic N) is 2. The van der Waals surface area contributed by atoms with Crippen LogP contribution in [0.3, 0.4) is 0 Å². The minimum Gasteiger partial charge on any atom is -0.347 e. The molecule has 0 radical (unpaired) electrons. The molecule has 0 spiro atoms. The zero-order chi connectivity index (χ0) is 17.6. The van der Waals surface area contributed by atoms with E-state index in [1.54, 1.807) is 6.07 Å². The summed E-state index contributed by atoms with van der Waals surface area (Å²) in [6.45, 7) is 3.26. The molecule has 1 saturated heterocycles. The Morgan fingerprint density at radius 2 is 2.20 bits per heavy atom. The molecular formula is C19H24N4O2. The molecule has 2 N–H and O–H groups in total. The van der Waals surface area contributed by atoms with Crippen molar-refractivity contribution in [2.45, 2.75) is 45.6 Å². The van der Waals surface area contributed by atoms with E-state index in [2.05, 4.69) is 22.4 Å². The van der Waals surface area contributed by atoms with Crippen LogP contribution < -0.4 is 10.2 Å². The number of hydrogen-bond donors (Lipinski definition) is 2. The SMILES string of the molecule is CCCc1cc(C(=O)NCc2cccc(N3CCCCC3=O)c2)n[nH]1. The van der Waals surface area contributed by atoms with Gasteiger partial charge in [-0.15, -0.1) is 0 Å². The second-order valence-electron chi connectivity index (χ2n) is 6.38. The number of hydrogen-bond acceptors (Lipinski definition) is 3. The fraction of sp³-hybridized carbons (Fsp3) is 0.421. The molecule has 0 bridgehead atoms. The number of amides is 2. The van der Waals surface area contributed by atoms with Crippen LogP contribution in [0.4, 0.5) is 5.69 Å². The molecule has 1 aromatic carbocycles. The maximum Gasteiger partial charge on any atom is 0.272 e. The highest BCUT2D eigenvalue weighted by Gasteiger charge is 2.19. The van der Waals surface area contributed by atoms with Gasteiger partial charge in [-0.2, -0.15) is 5.10 Å². The zero-order valence-corrected chi connectivity index (χ0v) is 14.5. The molecule has 3 rings (SSSR count). The van der Waals surface area contributed by atoms with Gasteiger partial charge in [0.05, 0.1) is 0 Å². The molecule has 6 nitrogen and oxygen atoms in total. The van der Waals surface area contributed by atoms with Crippen molar-refractivity contribution in [1.29, 1.82) is 0 Å². The summed E-state index contributed by atoms with van der Waals surface area (Å²) in [7, 11) is 0. The summed E-state index contributed by atoms with van der Waals surface area (Å²) in [5, 5.41) is 9.83. The second kappa shape index (κ2) is 7.96. The highest BCUT2D eigenvalue weighted by atomic mass is 16.2. The van der Waals surface area contributed by atoms with Crippen LogP contribution in [0.5, 0.6) is 0 Å². The molecule has 2 aromatic rings. The number of aromatic nitrogens is 2. The van der Waals surface area contributed by atoms with Crippen LogP contribution in [0.2, 0.25) is 0 Å². The molecule has 0 aliphatic carbocycles. The van der Waals surface area contributed by atoms with Crippen molar-refractivity contribution >= 4 is 17.5 Å². The predicted octanol–water partition coefficient (Wildman–Crippen LogP) is 2.81. The fourth-order valence-corrected chi connectivity index (χ4v) is 3.06. The van der Waals surface area contributed by atoms with Gasteiger partial charge in [-0.1, -0.05) is 25.5 Å². The Labute approximate surface area is 147 Å². The van der Waals surface area contributed by atoms with Crippen molar-refractivity contribution in [2.24, 2.45) is 0 Å². The quantitative estimate of drug-likeness (QED) is 0.849. The third-order valence-corrected chi connectivity index (χ3v) is 4.38. The highest BCUT2D eigenvalue weighted by Crippen LogP contribution is 2.21. The Morgan fingerprint density at radius 1 is 1.32 bits per heavy atom. The largest absolute Gasteiger partial charge is 0.347 e. The first kappa shape index (κ1) is 17.2. The lowest BCUT2D eigenvalue weighted by molar-refractivity contribution is -0.119. The van der Waals surface area contributed by atoms with Gasteiger partial charge in [0.15, 0.2) is 0 Å². The first-order valence-electron chi connectivity index (χ1n) is 8.89. The summed E-state index contributed by atoms with van der Waals surface area (Å²) in [4.78, 5) is 26.1. The maximum atomic E-state index is 12.2. The lowest BCUT2D eigenvalue weighted by Crippen LogP contribution is -2.35. The van der Waals surface area contributed by atoms with Gasteiger partial charge in [0.2, 0.25) is 5.91 Å². The molecule has 2 amide bonds. The van der Waals surface area contributed by atoms with E-state index in [0.717, 1.165) is 49.2 Å². The minimum atomic E-state index is -0.196. The smallest absolute Gasteiger partial charge is 0.272 e. The molecule has 1 aliphatic rings. The summed E-state index contributed by atoms with van der Waals surface area (Å²) < 4.78 is 0. The van der Waals surface area contributed by atoms with Crippen LogP contribution in [0.25, 0.3) is 0 Å². The van der Waals surface area contributed by atoms with Crippen molar-refractivity contribution in [2.75, 3.05) is 11.4 Å². The summed E-state index contributed by atoms with van der Waals surface area (Å²) in [6.07, 6.45) is 4.50. The van der Waals surface area contributed by atoms with Crippen LogP contribution in [0.15, 0.2) is 30.3 Å². The number of rotatable bonds is 6. The van der Waals surface area contributed by atoms with Crippen molar-refractivity contribution < 1.29 is 9.59 Å². The van der Waals surface area contributed by atoms with Gasteiger partial charge in [0.25, 0.3) is 5.91 Å². The molecule has 0 saturated carbocycles. The molecule has 25 heavy (non-hydrogen) atoms. The van der Waals surface area contributed by atoms with E-state index < -0.39 is 0 Å². The molecule has 1 aromatic heterocycles. The van der Waals surface area contributed by atoms with E-state index in [1.807, 2.05) is 29.2 Å². The molecule has 0 unspecified atom stereocenters. The van der Waals surface area contributed by atoms with E-state index in [9.17, 15) is 9.59 Å². The third-order valence-electron chi connectivity index (χ3n) is 4.38. The number of benzene rings is 1. The molecule has 6 heteroatoms. The number of aryl methyl sites for hydroxylation is 1. The molecule has 1 fully saturated rings. The van der Waals surface area contributed by atoms with Crippen LogP contribution >= 0.6 is 0 Å². The summed E-state index contributed by atoms with van der Waals surface area (Å²) >= 11 is 0. The van der Waals surface area contributed by atoms with Gasteiger partial charge in [-0.3, -0.25) is 14.7 Å². The van der Waals surface area contributed by atoms with Gasteiger partial charge >= 0.3 is 0 Å². The Balaban J connectivity index is 1.61. The van der Waals surface area contributed by atoms with Gasteiger partial charge in [0.1, 0.15) is 5.69 Å². The standard InChI is InChI=1S/C19H24N4O2/c1-2-6-15-12-17(22-21-15)19(25)20-13-14-7-5-8-16(11-14)23-10-4-3-9-18(23)24/h5,7-8,11-12H,2-4,6,9-10,13H2,1H3,(H,20,25)(H,21,22). The van der Waals surface area contributed by atoms with Crippen molar-refractivity contribution in [3.63, 3.8) is 0 Å². The molecule has 0 atom stereocenters. The molecule has 2 heterocycles. The average molecular weight is 340 g/mol. The first-order valence-corrected chi connectivity index (χ1v) is 8.89. The van der Waals surface area contributed by atoms with Gasteiger partial charge in [-0.05, 0) is 43.0 Å². The number of anilines is 1. The number of piperidine rings is 1. The van der Waals surface area contributed by atoms with E-state index in [1.165, 1.54) is 0 Å². The maximum absolute atomic E-state index is 12.2. The van der Waals surface area contributed by atoms with Gasteiger partial charge in [-0.25, -0.2) is 0 Å². The van der Waals surface area contributed by atoms with E-state index in [4.69, 9.17) is 0 Å². The normalized spacial score (nSPS) is 14.6. The predicted molar refractivity (Wildman–Crippen MR) is 96.4 cm³/mol. The van der Waals surface area contributed by atoms with Crippen molar-refractivity contribution in [1.82, 2.24) is 15.5 Å². The summed E-state index contributed by atoms with van der Waals surface area (Å²) in [5.74, 6) is -0.0227. The number of aromatic amines is 1. The van der Waals surface area contributed by atoms with Gasteiger partial charge < -0.3 is 10.2 Å². The van der Waals surface area contributed by atoms with Crippen molar-refractivity contribution in [3.05, 3.63) is 47.3 Å². The molecule has 1 aliphatic heterocycles. The third kappa shape index (κ3) is 4.26. The zero-order valence-electron chi connectivity index (χ0n) is 14.5. The molecular weight excluding hydrogens is 316 g/mol. The summed E-state index contributed by atoms with van der Waals surface area (Å²) in [6, 6.07) is 9.58. The number of nitrogens with one attached hydrogen (secondary N) is 2. The lowest BCUT2D eigenvalue weighted by Gasteiger charge is -2.27. The number of H-pyrrole nitrogens is 1. The minimum absolute atomic E-state index is 0.174. The Morgan fingerprint density at radius 3 is 3.00 bits per heavy atom. The monoisotopic (exact) mass is 340 g/mol. The van der Waals surface area contributed by atoms with Crippen LogP contribution in [0, 0.1) is 0 Å². The molecule has 132 valence electrons. The number of carbonyl (C=O) groups excluding carboxylic acids is 2. The van der Waals surface area contributed by atoms with E-state index >= 15 is 0 Å². The first-order chi connectivity index (χ1) is 12.2. The highest BCUT2D eigenvalue weighted by molar-refractivity contribution is 5.94. The Bertz CT molecular complexity index is 753. The fourth-order valence-electron chi connectivity index (χ4n) is 3.06. The average Bonchev–Trinajstić information content (AvgIpc) is 3.09. The lowest BCUT2D eigenvalue weighted by atomic mass is 10.1. The Kier molecular flexibility index (Phi) is 5.48. The number of carbonyl (C=O) groups is 2. The Hall–Kier alpha value is -2.63. The van der Waals surface area contributed by atoms with Gasteiger partial charge in [0, 0.05) is 30.9 Å². The van der Waals surface area contributed by atoms with E-state index in [0.29, 0.717) is 18.7 Å². The van der Waals surface area contributed by atoms with Crippen LogP contribution in [-0.4, -0.2) is 28.6 Å². The van der Waals surface area contributed by atoms with Crippen LogP contribution in [-0.2, 0) is 17.8 Å².